The predicted octanol–water partition coefficient (Wildman–Crippen LogP) is 4.27. The number of amides is 2. The number of methoxy groups -OCH3 is 1. The Morgan fingerprint density at radius 1 is 1.00 bits per heavy atom. The average molecular weight is 411 g/mol. The topological polar surface area (TPSA) is 58.6 Å². The Labute approximate surface area is 180 Å². The predicted molar refractivity (Wildman–Crippen MR) is 120 cm³/mol. The second kappa shape index (κ2) is 11.4. The third kappa shape index (κ3) is 6.90. The molecule has 2 rings (SSSR count). The molecule has 0 aliphatic heterocycles. The van der Waals surface area contributed by atoms with Gasteiger partial charge in [-0.15, -0.1) is 0 Å². The van der Waals surface area contributed by atoms with Gasteiger partial charge in [-0.1, -0.05) is 48.9 Å². The van der Waals surface area contributed by atoms with Gasteiger partial charge in [0.15, 0.2) is 0 Å². The maximum absolute atomic E-state index is 13.2. The van der Waals surface area contributed by atoms with Crippen LogP contribution in [-0.2, 0) is 22.6 Å². The second-order valence-corrected chi connectivity index (χ2v) is 7.94. The average Bonchev–Trinajstić information content (AvgIpc) is 2.73. The summed E-state index contributed by atoms with van der Waals surface area (Å²) >= 11 is 0. The molecule has 0 saturated carbocycles. The molecule has 30 heavy (non-hydrogen) atoms. The fourth-order valence-electron chi connectivity index (χ4n) is 3.38. The molecular formula is C25H34N2O3. The molecule has 5 heteroatoms. The van der Waals surface area contributed by atoms with E-state index in [2.05, 4.69) is 29.6 Å². The Bertz CT molecular complexity index is 813. The number of nitrogens with zero attached hydrogens (tertiary/aromatic N) is 1. The molecule has 0 aliphatic rings. The van der Waals surface area contributed by atoms with Gasteiger partial charge in [0.25, 0.3) is 0 Å². The van der Waals surface area contributed by atoms with Gasteiger partial charge in [0, 0.05) is 19.0 Å². The summed E-state index contributed by atoms with van der Waals surface area (Å²) in [7, 11) is 1.62. The molecule has 1 atom stereocenters. The van der Waals surface area contributed by atoms with Gasteiger partial charge < -0.3 is 15.0 Å². The van der Waals surface area contributed by atoms with Crippen molar-refractivity contribution in [2.24, 2.45) is 0 Å². The van der Waals surface area contributed by atoms with Crippen LogP contribution in [0.5, 0.6) is 5.75 Å². The first kappa shape index (κ1) is 23.5. The molecule has 0 spiro atoms. The quantitative estimate of drug-likeness (QED) is 0.636. The third-order valence-electron chi connectivity index (χ3n) is 5.08. The molecular weight excluding hydrogens is 376 g/mol. The van der Waals surface area contributed by atoms with Crippen LogP contribution in [0, 0.1) is 6.92 Å². The van der Waals surface area contributed by atoms with Crippen molar-refractivity contribution in [2.45, 2.75) is 65.6 Å². The van der Waals surface area contributed by atoms with E-state index in [9.17, 15) is 9.59 Å². The second-order valence-electron chi connectivity index (χ2n) is 7.94. The van der Waals surface area contributed by atoms with Crippen LogP contribution >= 0.6 is 0 Å². The van der Waals surface area contributed by atoms with E-state index in [1.165, 1.54) is 5.56 Å². The van der Waals surface area contributed by atoms with Gasteiger partial charge in [0.1, 0.15) is 11.8 Å². The SMILES string of the molecule is CCC(C(=O)NC(C)C)N(Cc1ccc(OC)cc1)C(=O)CCc1ccc(C)cc1. The summed E-state index contributed by atoms with van der Waals surface area (Å²) in [6.07, 6.45) is 1.58. The molecule has 0 saturated heterocycles. The molecule has 0 aromatic heterocycles. The molecule has 1 unspecified atom stereocenters. The molecule has 5 nitrogen and oxygen atoms in total. The number of benzene rings is 2. The molecule has 162 valence electrons. The zero-order valence-electron chi connectivity index (χ0n) is 18.8. The monoisotopic (exact) mass is 410 g/mol. The van der Waals surface area contributed by atoms with E-state index in [4.69, 9.17) is 4.74 Å². The number of carbonyl (C=O) groups excluding carboxylic acids is 2. The molecule has 0 heterocycles. The minimum atomic E-state index is -0.500. The van der Waals surface area contributed by atoms with E-state index in [1.807, 2.05) is 52.0 Å². The van der Waals surface area contributed by atoms with Crippen molar-refractivity contribution in [2.75, 3.05) is 7.11 Å². The number of rotatable bonds is 10. The summed E-state index contributed by atoms with van der Waals surface area (Å²) in [6, 6.07) is 15.4. The molecule has 0 fully saturated rings. The van der Waals surface area contributed by atoms with E-state index in [0.717, 1.165) is 16.9 Å². The molecule has 0 aliphatic carbocycles. The first-order valence-electron chi connectivity index (χ1n) is 10.6. The van der Waals surface area contributed by atoms with Crippen LogP contribution in [0.4, 0.5) is 0 Å². The molecule has 1 N–H and O–H groups in total. The Morgan fingerprint density at radius 2 is 1.60 bits per heavy atom. The lowest BCUT2D eigenvalue weighted by Gasteiger charge is -2.31. The normalized spacial score (nSPS) is 11.8. The lowest BCUT2D eigenvalue weighted by molar-refractivity contribution is -0.141. The number of nitrogens with one attached hydrogen (secondary N) is 1. The first-order valence-corrected chi connectivity index (χ1v) is 10.6. The maximum atomic E-state index is 13.2. The number of hydrogen-bond donors (Lipinski definition) is 1. The molecule has 2 amide bonds. The standard InChI is InChI=1S/C25H34N2O3/c1-6-23(25(29)26-18(2)3)27(17-21-11-14-22(30-5)15-12-21)24(28)16-13-20-9-7-19(4)8-10-20/h7-12,14-15,18,23H,6,13,16-17H2,1-5H3,(H,26,29). The van der Waals surface area contributed by atoms with Crippen LogP contribution in [0.3, 0.4) is 0 Å². The van der Waals surface area contributed by atoms with Gasteiger partial charge in [-0.2, -0.15) is 0 Å². The van der Waals surface area contributed by atoms with Gasteiger partial charge in [-0.3, -0.25) is 9.59 Å². The van der Waals surface area contributed by atoms with Crippen LogP contribution in [0.1, 0.15) is 50.3 Å². The Morgan fingerprint density at radius 3 is 2.13 bits per heavy atom. The smallest absolute Gasteiger partial charge is 0.243 e. The summed E-state index contributed by atoms with van der Waals surface area (Å²) < 4.78 is 5.22. The van der Waals surface area contributed by atoms with Crippen molar-refractivity contribution in [3.05, 3.63) is 65.2 Å². The van der Waals surface area contributed by atoms with Crippen LogP contribution in [0.25, 0.3) is 0 Å². The molecule has 2 aromatic rings. The first-order chi connectivity index (χ1) is 14.3. The number of carbonyl (C=O) groups is 2. The fourth-order valence-corrected chi connectivity index (χ4v) is 3.38. The maximum Gasteiger partial charge on any atom is 0.243 e. The largest absolute Gasteiger partial charge is 0.497 e. The third-order valence-corrected chi connectivity index (χ3v) is 5.08. The van der Waals surface area contributed by atoms with E-state index in [0.29, 0.717) is 25.8 Å². The summed E-state index contributed by atoms with van der Waals surface area (Å²) in [5, 5.41) is 2.96. The summed E-state index contributed by atoms with van der Waals surface area (Å²) in [5.74, 6) is 0.641. The molecule has 0 radical (unpaired) electrons. The highest BCUT2D eigenvalue weighted by Gasteiger charge is 2.28. The van der Waals surface area contributed by atoms with E-state index < -0.39 is 6.04 Å². The van der Waals surface area contributed by atoms with Gasteiger partial charge in [-0.05, 0) is 56.9 Å². The van der Waals surface area contributed by atoms with Crippen molar-refractivity contribution in [1.29, 1.82) is 0 Å². The van der Waals surface area contributed by atoms with Crippen LogP contribution in [-0.4, -0.2) is 35.9 Å². The summed E-state index contributed by atoms with van der Waals surface area (Å²) in [4.78, 5) is 27.7. The minimum Gasteiger partial charge on any atom is -0.497 e. The Hall–Kier alpha value is -2.82. The Kier molecular flexibility index (Phi) is 8.90. The molecule has 0 bridgehead atoms. The van der Waals surface area contributed by atoms with Crippen LogP contribution < -0.4 is 10.1 Å². The highest BCUT2D eigenvalue weighted by atomic mass is 16.5. The fraction of sp³-hybridized carbons (Fsp3) is 0.440. The van der Waals surface area contributed by atoms with Crippen molar-refractivity contribution in [3.63, 3.8) is 0 Å². The number of ether oxygens (including phenoxy) is 1. The molecule has 2 aromatic carbocycles. The van der Waals surface area contributed by atoms with Gasteiger partial charge >= 0.3 is 0 Å². The highest BCUT2D eigenvalue weighted by Crippen LogP contribution is 2.18. The van der Waals surface area contributed by atoms with Crippen molar-refractivity contribution in [1.82, 2.24) is 10.2 Å². The minimum absolute atomic E-state index is 0.0165. The van der Waals surface area contributed by atoms with Gasteiger partial charge in [-0.25, -0.2) is 0 Å². The lowest BCUT2D eigenvalue weighted by atomic mass is 10.0. The highest BCUT2D eigenvalue weighted by molar-refractivity contribution is 5.87. The van der Waals surface area contributed by atoms with E-state index in [-0.39, 0.29) is 17.9 Å². The van der Waals surface area contributed by atoms with E-state index >= 15 is 0 Å². The van der Waals surface area contributed by atoms with Crippen LogP contribution in [0.2, 0.25) is 0 Å². The zero-order chi connectivity index (χ0) is 22.1. The Balaban J connectivity index is 2.19. The summed E-state index contributed by atoms with van der Waals surface area (Å²) in [6.45, 7) is 8.24. The van der Waals surface area contributed by atoms with Crippen molar-refractivity contribution < 1.29 is 14.3 Å². The van der Waals surface area contributed by atoms with Crippen molar-refractivity contribution in [3.8, 4) is 5.75 Å². The number of aryl methyl sites for hydroxylation is 2. The van der Waals surface area contributed by atoms with Crippen molar-refractivity contribution >= 4 is 11.8 Å². The number of hydrogen-bond acceptors (Lipinski definition) is 3. The van der Waals surface area contributed by atoms with Crippen LogP contribution in [0.15, 0.2) is 48.5 Å². The van der Waals surface area contributed by atoms with Gasteiger partial charge in [0.2, 0.25) is 11.8 Å². The summed E-state index contributed by atoms with van der Waals surface area (Å²) in [5.41, 5.74) is 3.29. The lowest BCUT2D eigenvalue weighted by Crippen LogP contribution is -2.50. The zero-order valence-corrected chi connectivity index (χ0v) is 18.8. The van der Waals surface area contributed by atoms with Gasteiger partial charge in [0.05, 0.1) is 7.11 Å². The van der Waals surface area contributed by atoms with E-state index in [1.54, 1.807) is 12.0 Å².